The van der Waals surface area contributed by atoms with Crippen LogP contribution < -0.4 is 10.6 Å². The summed E-state index contributed by atoms with van der Waals surface area (Å²) < 4.78 is 13.2. The van der Waals surface area contributed by atoms with E-state index >= 15 is 0 Å². The molecule has 1 aromatic carbocycles. The Kier molecular flexibility index (Phi) is 6.39. The Balaban J connectivity index is 1.75. The van der Waals surface area contributed by atoms with Crippen LogP contribution in [0.4, 0.5) is 9.18 Å². The van der Waals surface area contributed by atoms with Crippen LogP contribution >= 0.6 is 0 Å². The molecule has 1 aliphatic rings. The second-order valence-electron chi connectivity index (χ2n) is 6.86. The molecule has 0 saturated carbocycles. The fourth-order valence-corrected chi connectivity index (χ4v) is 3.06. The first kappa shape index (κ1) is 17.7. The molecule has 1 atom stereocenters. The number of rotatable bonds is 5. The van der Waals surface area contributed by atoms with Crippen molar-refractivity contribution in [1.82, 2.24) is 15.5 Å². The molecule has 23 heavy (non-hydrogen) atoms. The van der Waals surface area contributed by atoms with Crippen molar-refractivity contribution in [3.05, 3.63) is 35.6 Å². The third-order valence-electron chi connectivity index (χ3n) is 4.24. The molecule has 2 N–H and O–H groups in total. The summed E-state index contributed by atoms with van der Waals surface area (Å²) in [6.45, 7) is 9.50. The standard InChI is InChI=1S/C18H28FN3O/c1-13(2)12-22-9-7-17(8-10-22)21-18(23)20-14(3)15-5-4-6-16(19)11-15/h4-6,11,13-14,17H,7-10,12H2,1-3H3,(H2,20,21,23)/t14-/m0/s1. The predicted octanol–water partition coefficient (Wildman–Crippen LogP) is 3.31. The highest BCUT2D eigenvalue weighted by Crippen LogP contribution is 2.14. The molecule has 1 aliphatic heterocycles. The normalized spacial score (nSPS) is 18.0. The molecule has 1 aromatic rings. The number of hydrogen-bond donors (Lipinski definition) is 2. The Labute approximate surface area is 138 Å². The van der Waals surface area contributed by atoms with Crippen LogP contribution in [0.15, 0.2) is 24.3 Å². The van der Waals surface area contributed by atoms with Crippen molar-refractivity contribution < 1.29 is 9.18 Å². The first-order chi connectivity index (χ1) is 10.9. The van der Waals surface area contributed by atoms with Gasteiger partial charge in [-0.3, -0.25) is 0 Å². The van der Waals surface area contributed by atoms with Crippen molar-refractivity contribution in [1.29, 1.82) is 0 Å². The molecule has 2 rings (SSSR count). The van der Waals surface area contributed by atoms with Crippen molar-refractivity contribution in [2.75, 3.05) is 19.6 Å². The van der Waals surface area contributed by atoms with Crippen LogP contribution in [0.25, 0.3) is 0 Å². The van der Waals surface area contributed by atoms with Gasteiger partial charge in [0.15, 0.2) is 0 Å². The van der Waals surface area contributed by atoms with Gasteiger partial charge in [0.05, 0.1) is 6.04 Å². The molecule has 1 fully saturated rings. The zero-order valence-corrected chi connectivity index (χ0v) is 14.3. The molecule has 4 nitrogen and oxygen atoms in total. The summed E-state index contributed by atoms with van der Waals surface area (Å²) in [5.74, 6) is 0.393. The largest absolute Gasteiger partial charge is 0.335 e. The number of carbonyl (C=O) groups is 1. The highest BCUT2D eigenvalue weighted by molar-refractivity contribution is 5.74. The van der Waals surface area contributed by atoms with Gasteiger partial charge in [0.25, 0.3) is 0 Å². The quantitative estimate of drug-likeness (QED) is 0.874. The number of halogens is 1. The van der Waals surface area contributed by atoms with E-state index in [-0.39, 0.29) is 23.9 Å². The predicted molar refractivity (Wildman–Crippen MR) is 90.8 cm³/mol. The minimum Gasteiger partial charge on any atom is -0.335 e. The van der Waals surface area contributed by atoms with Crippen LogP contribution in [0.1, 0.15) is 45.2 Å². The average molecular weight is 321 g/mol. The van der Waals surface area contributed by atoms with Gasteiger partial charge in [0.1, 0.15) is 5.82 Å². The van der Waals surface area contributed by atoms with Crippen LogP contribution in [0.3, 0.4) is 0 Å². The second-order valence-corrected chi connectivity index (χ2v) is 6.86. The van der Waals surface area contributed by atoms with Crippen LogP contribution in [0.5, 0.6) is 0 Å². The lowest BCUT2D eigenvalue weighted by Gasteiger charge is -2.33. The lowest BCUT2D eigenvalue weighted by molar-refractivity contribution is 0.177. The van der Waals surface area contributed by atoms with E-state index in [1.807, 2.05) is 13.0 Å². The molecule has 0 aromatic heterocycles. The topological polar surface area (TPSA) is 44.4 Å². The molecule has 0 spiro atoms. The van der Waals surface area contributed by atoms with E-state index in [0.717, 1.165) is 38.0 Å². The third kappa shape index (κ3) is 5.82. The zero-order chi connectivity index (χ0) is 16.8. The zero-order valence-electron chi connectivity index (χ0n) is 14.3. The summed E-state index contributed by atoms with van der Waals surface area (Å²) in [6.07, 6.45) is 1.96. The molecule has 1 saturated heterocycles. The van der Waals surface area contributed by atoms with Gasteiger partial charge in [-0.2, -0.15) is 0 Å². The van der Waals surface area contributed by atoms with E-state index in [0.29, 0.717) is 5.92 Å². The highest BCUT2D eigenvalue weighted by Gasteiger charge is 2.21. The van der Waals surface area contributed by atoms with Crippen molar-refractivity contribution >= 4 is 6.03 Å². The molecule has 0 radical (unpaired) electrons. The molecule has 5 heteroatoms. The van der Waals surface area contributed by atoms with E-state index in [1.165, 1.54) is 12.1 Å². The summed E-state index contributed by atoms with van der Waals surface area (Å²) in [6, 6.07) is 6.16. The number of nitrogens with one attached hydrogen (secondary N) is 2. The number of piperidine rings is 1. The highest BCUT2D eigenvalue weighted by atomic mass is 19.1. The van der Waals surface area contributed by atoms with E-state index in [1.54, 1.807) is 6.07 Å². The number of nitrogens with zero attached hydrogens (tertiary/aromatic N) is 1. The molecule has 128 valence electrons. The Morgan fingerprint density at radius 2 is 2.00 bits per heavy atom. The van der Waals surface area contributed by atoms with Gasteiger partial charge in [0.2, 0.25) is 0 Å². The van der Waals surface area contributed by atoms with Crippen LogP contribution in [0, 0.1) is 11.7 Å². The molecular formula is C18H28FN3O. The first-order valence-corrected chi connectivity index (χ1v) is 8.49. The summed E-state index contributed by atoms with van der Waals surface area (Å²) in [4.78, 5) is 14.6. The average Bonchev–Trinajstić information content (AvgIpc) is 2.48. The van der Waals surface area contributed by atoms with E-state index < -0.39 is 0 Å². The number of amides is 2. The number of benzene rings is 1. The number of likely N-dealkylation sites (tertiary alicyclic amines) is 1. The first-order valence-electron chi connectivity index (χ1n) is 8.49. The fraction of sp³-hybridized carbons (Fsp3) is 0.611. The summed E-state index contributed by atoms with van der Waals surface area (Å²) in [5, 5.41) is 5.92. The smallest absolute Gasteiger partial charge is 0.315 e. The Bertz CT molecular complexity index is 513. The number of carbonyl (C=O) groups excluding carboxylic acids is 1. The molecule has 1 heterocycles. The molecule has 0 bridgehead atoms. The maximum atomic E-state index is 13.2. The van der Waals surface area contributed by atoms with Gasteiger partial charge < -0.3 is 15.5 Å². The summed E-state index contributed by atoms with van der Waals surface area (Å²) >= 11 is 0. The van der Waals surface area contributed by atoms with Crippen molar-refractivity contribution in [2.24, 2.45) is 5.92 Å². The van der Waals surface area contributed by atoms with E-state index in [2.05, 4.69) is 29.4 Å². The van der Waals surface area contributed by atoms with Crippen molar-refractivity contribution in [3.8, 4) is 0 Å². The van der Waals surface area contributed by atoms with Gasteiger partial charge in [0, 0.05) is 25.7 Å². The second kappa shape index (κ2) is 8.29. The van der Waals surface area contributed by atoms with Crippen LogP contribution in [0.2, 0.25) is 0 Å². The monoisotopic (exact) mass is 321 g/mol. The lowest BCUT2D eigenvalue weighted by Crippen LogP contribution is -2.48. The van der Waals surface area contributed by atoms with Gasteiger partial charge in [-0.25, -0.2) is 9.18 Å². The van der Waals surface area contributed by atoms with Gasteiger partial charge in [-0.05, 0) is 43.4 Å². The molecule has 0 aliphatic carbocycles. The summed E-state index contributed by atoms with van der Waals surface area (Å²) in [7, 11) is 0. The van der Waals surface area contributed by atoms with Crippen molar-refractivity contribution in [2.45, 2.75) is 45.7 Å². The molecule has 2 amide bonds. The van der Waals surface area contributed by atoms with Crippen molar-refractivity contribution in [3.63, 3.8) is 0 Å². The Morgan fingerprint density at radius 3 is 2.61 bits per heavy atom. The SMILES string of the molecule is CC(C)CN1CCC(NC(=O)N[C@@H](C)c2cccc(F)c2)CC1. The van der Waals surface area contributed by atoms with E-state index in [4.69, 9.17) is 0 Å². The Morgan fingerprint density at radius 1 is 1.30 bits per heavy atom. The van der Waals surface area contributed by atoms with Gasteiger partial charge >= 0.3 is 6.03 Å². The maximum Gasteiger partial charge on any atom is 0.315 e. The number of hydrogen-bond acceptors (Lipinski definition) is 2. The maximum absolute atomic E-state index is 13.2. The molecule has 0 unspecified atom stereocenters. The van der Waals surface area contributed by atoms with Gasteiger partial charge in [-0.1, -0.05) is 26.0 Å². The van der Waals surface area contributed by atoms with Crippen LogP contribution in [-0.2, 0) is 0 Å². The van der Waals surface area contributed by atoms with Gasteiger partial charge in [-0.15, -0.1) is 0 Å². The molecular weight excluding hydrogens is 293 g/mol. The fourth-order valence-electron chi connectivity index (χ4n) is 3.06. The van der Waals surface area contributed by atoms with E-state index in [9.17, 15) is 9.18 Å². The Hall–Kier alpha value is -1.62. The lowest BCUT2D eigenvalue weighted by atomic mass is 10.0. The minimum atomic E-state index is -0.283. The minimum absolute atomic E-state index is 0.177. The van der Waals surface area contributed by atoms with Crippen LogP contribution in [-0.4, -0.2) is 36.6 Å². The third-order valence-corrected chi connectivity index (χ3v) is 4.24. The summed E-state index contributed by atoms with van der Waals surface area (Å²) in [5.41, 5.74) is 0.770. The number of urea groups is 1.